The van der Waals surface area contributed by atoms with E-state index in [1.54, 1.807) is 54.4 Å². The molecule has 0 fully saturated rings. The highest BCUT2D eigenvalue weighted by Crippen LogP contribution is 2.49. The molecule has 1 unspecified atom stereocenters. The standard InChI is InChI=1S/C20H17BrN2O4S/c1-2-19(28(24,25)26)23-15-7-3-4-8-17(15)27-18-10-9-13(12-16(18)23)20-14(21)6-5-11-22-20/h3-12,19H,2H2,1H3,(H,24,25,26)/p-1. The fourth-order valence-corrected chi connectivity index (χ4v) is 4.73. The quantitative estimate of drug-likeness (QED) is 0.508. The molecule has 3 aromatic rings. The lowest BCUT2D eigenvalue weighted by Crippen LogP contribution is -2.38. The molecular formula is C20H16BrN2O4S-. The van der Waals surface area contributed by atoms with Crippen LogP contribution >= 0.6 is 15.9 Å². The second-order valence-electron chi connectivity index (χ2n) is 6.31. The molecule has 1 aliphatic heterocycles. The number of rotatable bonds is 4. The molecular weight excluding hydrogens is 444 g/mol. The van der Waals surface area contributed by atoms with Crippen LogP contribution in [0.2, 0.25) is 0 Å². The number of benzene rings is 2. The molecule has 144 valence electrons. The second kappa shape index (κ2) is 7.20. The average molecular weight is 460 g/mol. The van der Waals surface area contributed by atoms with Gasteiger partial charge in [-0.1, -0.05) is 19.1 Å². The number of hydrogen-bond acceptors (Lipinski definition) is 6. The largest absolute Gasteiger partial charge is 0.746 e. The Bertz CT molecular complexity index is 1150. The van der Waals surface area contributed by atoms with Crippen LogP contribution in [-0.4, -0.2) is 23.3 Å². The van der Waals surface area contributed by atoms with Crippen molar-refractivity contribution in [3.05, 3.63) is 65.3 Å². The van der Waals surface area contributed by atoms with Gasteiger partial charge < -0.3 is 14.2 Å². The molecule has 4 rings (SSSR count). The third-order valence-electron chi connectivity index (χ3n) is 4.57. The molecule has 0 saturated carbocycles. The van der Waals surface area contributed by atoms with E-state index < -0.39 is 15.5 Å². The van der Waals surface area contributed by atoms with Crippen LogP contribution in [0, 0.1) is 0 Å². The summed E-state index contributed by atoms with van der Waals surface area (Å²) in [6, 6.07) is 16.2. The van der Waals surface area contributed by atoms with Crippen molar-refractivity contribution in [3.8, 4) is 22.8 Å². The maximum absolute atomic E-state index is 12.0. The van der Waals surface area contributed by atoms with Gasteiger partial charge in [0.15, 0.2) is 11.5 Å². The molecule has 0 bridgehead atoms. The fourth-order valence-electron chi connectivity index (χ4n) is 3.35. The van der Waals surface area contributed by atoms with Gasteiger partial charge in [0.05, 0.1) is 17.1 Å². The first-order valence-electron chi connectivity index (χ1n) is 8.66. The number of nitrogens with zero attached hydrogens (tertiary/aromatic N) is 2. The van der Waals surface area contributed by atoms with Crippen molar-refractivity contribution in [2.45, 2.75) is 18.7 Å². The van der Waals surface area contributed by atoms with E-state index >= 15 is 0 Å². The summed E-state index contributed by atoms with van der Waals surface area (Å²) in [5, 5.41) is -1.25. The minimum atomic E-state index is -4.59. The summed E-state index contributed by atoms with van der Waals surface area (Å²) in [5.41, 5.74) is 2.54. The van der Waals surface area contributed by atoms with Crippen LogP contribution < -0.4 is 9.64 Å². The molecule has 0 saturated heterocycles. The molecule has 0 spiro atoms. The number of hydrogen-bond donors (Lipinski definition) is 0. The molecule has 1 aromatic heterocycles. The Hall–Kier alpha value is -2.42. The second-order valence-corrected chi connectivity index (χ2v) is 8.70. The topological polar surface area (TPSA) is 82.6 Å². The summed E-state index contributed by atoms with van der Waals surface area (Å²) in [4.78, 5) is 5.95. The Morgan fingerprint density at radius 3 is 2.57 bits per heavy atom. The monoisotopic (exact) mass is 459 g/mol. The summed E-state index contributed by atoms with van der Waals surface area (Å²) < 4.78 is 42.9. The Balaban J connectivity index is 1.94. The van der Waals surface area contributed by atoms with E-state index in [9.17, 15) is 13.0 Å². The van der Waals surface area contributed by atoms with Crippen molar-refractivity contribution >= 4 is 37.4 Å². The number of halogens is 1. The lowest BCUT2D eigenvalue weighted by Gasteiger charge is -2.39. The van der Waals surface area contributed by atoms with Crippen LogP contribution in [0.4, 0.5) is 11.4 Å². The van der Waals surface area contributed by atoms with E-state index in [0.717, 1.165) is 10.0 Å². The van der Waals surface area contributed by atoms with Gasteiger partial charge in [-0.05, 0) is 64.8 Å². The summed E-state index contributed by atoms with van der Waals surface area (Å²) in [5.74, 6) is 0.987. The Labute approximate surface area is 171 Å². The summed E-state index contributed by atoms with van der Waals surface area (Å²) >= 11 is 3.49. The third kappa shape index (κ3) is 3.28. The highest BCUT2D eigenvalue weighted by atomic mass is 79.9. The predicted octanol–water partition coefficient (Wildman–Crippen LogP) is 5.04. The lowest BCUT2D eigenvalue weighted by molar-refractivity contribution is 0.438. The molecule has 0 amide bonds. The van der Waals surface area contributed by atoms with Crippen LogP contribution in [0.25, 0.3) is 11.3 Å². The van der Waals surface area contributed by atoms with E-state index in [2.05, 4.69) is 20.9 Å². The molecule has 28 heavy (non-hydrogen) atoms. The summed E-state index contributed by atoms with van der Waals surface area (Å²) in [6.45, 7) is 1.68. The van der Waals surface area contributed by atoms with Crippen molar-refractivity contribution in [1.29, 1.82) is 0 Å². The molecule has 0 aliphatic carbocycles. The normalized spacial score (nSPS) is 14.0. The van der Waals surface area contributed by atoms with E-state index in [4.69, 9.17) is 4.74 Å². The van der Waals surface area contributed by atoms with Crippen LogP contribution in [0.3, 0.4) is 0 Å². The van der Waals surface area contributed by atoms with Crippen LogP contribution in [0.1, 0.15) is 13.3 Å². The average Bonchev–Trinajstić information content (AvgIpc) is 2.67. The van der Waals surface area contributed by atoms with Gasteiger partial charge in [0.1, 0.15) is 15.5 Å². The first-order chi connectivity index (χ1) is 13.4. The highest BCUT2D eigenvalue weighted by Gasteiger charge is 2.33. The highest BCUT2D eigenvalue weighted by molar-refractivity contribution is 9.10. The van der Waals surface area contributed by atoms with E-state index in [1.165, 1.54) is 0 Å². The van der Waals surface area contributed by atoms with Gasteiger partial charge in [-0.15, -0.1) is 0 Å². The van der Waals surface area contributed by atoms with E-state index in [0.29, 0.717) is 28.6 Å². The van der Waals surface area contributed by atoms with Crippen molar-refractivity contribution < 1.29 is 17.7 Å². The van der Waals surface area contributed by atoms with Crippen LogP contribution in [0.5, 0.6) is 11.5 Å². The smallest absolute Gasteiger partial charge is 0.151 e. The zero-order valence-electron chi connectivity index (χ0n) is 14.9. The van der Waals surface area contributed by atoms with Gasteiger partial charge in [0.25, 0.3) is 0 Å². The van der Waals surface area contributed by atoms with E-state index in [-0.39, 0.29) is 6.42 Å². The summed E-state index contributed by atoms with van der Waals surface area (Å²) in [6.07, 6.45) is 1.82. The first-order valence-corrected chi connectivity index (χ1v) is 10.9. The van der Waals surface area contributed by atoms with Gasteiger partial charge >= 0.3 is 0 Å². The number of anilines is 2. The minimum Gasteiger partial charge on any atom is -0.746 e. The van der Waals surface area contributed by atoms with Crippen molar-refractivity contribution in [3.63, 3.8) is 0 Å². The molecule has 2 heterocycles. The van der Waals surface area contributed by atoms with Crippen LogP contribution in [0.15, 0.2) is 65.3 Å². The molecule has 8 heteroatoms. The number of pyridine rings is 1. The lowest BCUT2D eigenvalue weighted by atomic mass is 10.1. The molecule has 1 atom stereocenters. The van der Waals surface area contributed by atoms with Crippen molar-refractivity contribution in [2.24, 2.45) is 0 Å². The van der Waals surface area contributed by atoms with Crippen LogP contribution in [-0.2, 0) is 10.1 Å². The molecule has 0 N–H and O–H groups in total. The number of aromatic nitrogens is 1. The molecule has 6 nitrogen and oxygen atoms in total. The number of ether oxygens (including phenoxy) is 1. The Kier molecular flexibility index (Phi) is 4.86. The SMILES string of the molecule is CCC(N1c2ccccc2Oc2ccc(-c3ncccc3Br)cc21)S(=O)(=O)[O-]. The van der Waals surface area contributed by atoms with Gasteiger partial charge in [-0.2, -0.15) is 0 Å². The Morgan fingerprint density at radius 1 is 1.11 bits per heavy atom. The molecule has 0 radical (unpaired) electrons. The fraction of sp³-hybridized carbons (Fsp3) is 0.150. The zero-order valence-corrected chi connectivity index (χ0v) is 17.3. The van der Waals surface area contributed by atoms with E-state index in [1.807, 2.05) is 18.2 Å². The third-order valence-corrected chi connectivity index (χ3v) is 6.42. The predicted molar refractivity (Wildman–Crippen MR) is 110 cm³/mol. The van der Waals surface area contributed by atoms with Crippen molar-refractivity contribution in [1.82, 2.24) is 4.98 Å². The molecule has 1 aliphatic rings. The maximum atomic E-state index is 12.0. The number of para-hydroxylation sites is 2. The van der Waals surface area contributed by atoms with Gasteiger partial charge in [0.2, 0.25) is 0 Å². The zero-order chi connectivity index (χ0) is 19.9. The van der Waals surface area contributed by atoms with Gasteiger partial charge in [-0.25, -0.2) is 8.42 Å². The number of fused-ring (bicyclic) bond motifs is 2. The van der Waals surface area contributed by atoms with Gasteiger partial charge in [0, 0.05) is 16.2 Å². The van der Waals surface area contributed by atoms with Crippen molar-refractivity contribution in [2.75, 3.05) is 4.90 Å². The summed E-state index contributed by atoms with van der Waals surface area (Å²) in [7, 11) is -4.59. The van der Waals surface area contributed by atoms with Gasteiger partial charge in [-0.3, -0.25) is 4.98 Å². The molecule has 2 aromatic carbocycles. The Morgan fingerprint density at radius 2 is 1.86 bits per heavy atom. The minimum absolute atomic E-state index is 0.136. The maximum Gasteiger partial charge on any atom is 0.151 e. The first kappa shape index (κ1) is 18.9.